The van der Waals surface area contributed by atoms with Crippen molar-refractivity contribution in [1.82, 2.24) is 9.55 Å². The number of aromatic nitrogens is 2. The molecule has 0 aliphatic heterocycles. The summed E-state index contributed by atoms with van der Waals surface area (Å²) >= 11 is 0. The Morgan fingerprint density at radius 2 is 2.06 bits per heavy atom. The minimum Gasteiger partial charge on any atom is -0.364 e. The molecule has 0 bridgehead atoms. The minimum atomic E-state index is -0.458. The minimum absolute atomic E-state index is 0.0474. The first-order chi connectivity index (χ1) is 7.70. The molecule has 4 heteroatoms. The molecule has 1 unspecified atom stereocenters. The third kappa shape index (κ3) is 1.82. The highest BCUT2D eigenvalue weighted by Gasteiger charge is 2.14. The number of amides is 1. The van der Waals surface area contributed by atoms with Gasteiger partial charge >= 0.3 is 0 Å². The molecule has 2 aromatic rings. The zero-order valence-corrected chi connectivity index (χ0v) is 9.00. The van der Waals surface area contributed by atoms with Crippen molar-refractivity contribution in [2.45, 2.75) is 13.0 Å². The number of nitrogens with zero attached hydrogens (tertiary/aromatic N) is 2. The lowest BCUT2D eigenvalue weighted by Crippen LogP contribution is -2.19. The summed E-state index contributed by atoms with van der Waals surface area (Å²) in [6.45, 7) is 2.00. The molecule has 1 heterocycles. The number of nitrogens with two attached hydrogens (primary N) is 1. The second-order valence-corrected chi connectivity index (χ2v) is 3.64. The van der Waals surface area contributed by atoms with Gasteiger partial charge in [0.05, 0.1) is 18.6 Å². The molecule has 4 nitrogen and oxygen atoms in total. The Labute approximate surface area is 93.7 Å². The van der Waals surface area contributed by atoms with Crippen LogP contribution >= 0.6 is 0 Å². The van der Waals surface area contributed by atoms with Crippen molar-refractivity contribution in [3.63, 3.8) is 0 Å². The van der Waals surface area contributed by atoms with Gasteiger partial charge in [-0.15, -0.1) is 0 Å². The van der Waals surface area contributed by atoms with E-state index >= 15 is 0 Å². The topological polar surface area (TPSA) is 60.9 Å². The van der Waals surface area contributed by atoms with E-state index in [1.165, 1.54) is 6.20 Å². The SMILES string of the molecule is CC(c1ccccc1)n1cncc1C(N)=O. The van der Waals surface area contributed by atoms with Crippen LogP contribution in [0.3, 0.4) is 0 Å². The van der Waals surface area contributed by atoms with E-state index in [9.17, 15) is 4.79 Å². The molecule has 0 saturated heterocycles. The Morgan fingerprint density at radius 1 is 1.38 bits per heavy atom. The fourth-order valence-corrected chi connectivity index (χ4v) is 1.70. The lowest BCUT2D eigenvalue weighted by molar-refractivity contribution is 0.0990. The number of benzene rings is 1. The lowest BCUT2D eigenvalue weighted by Gasteiger charge is -2.15. The predicted molar refractivity (Wildman–Crippen MR) is 61.0 cm³/mol. The van der Waals surface area contributed by atoms with Crippen molar-refractivity contribution in [2.75, 3.05) is 0 Å². The molecule has 1 atom stereocenters. The van der Waals surface area contributed by atoms with Gasteiger partial charge in [-0.25, -0.2) is 4.98 Å². The summed E-state index contributed by atoms with van der Waals surface area (Å²) in [5, 5.41) is 0. The summed E-state index contributed by atoms with van der Waals surface area (Å²) in [6.07, 6.45) is 3.11. The molecule has 1 aromatic carbocycles. The van der Waals surface area contributed by atoms with Crippen LogP contribution in [0.15, 0.2) is 42.9 Å². The first kappa shape index (κ1) is 10.4. The number of hydrogen-bond donors (Lipinski definition) is 1. The quantitative estimate of drug-likeness (QED) is 0.845. The molecule has 82 valence electrons. The Balaban J connectivity index is 2.38. The van der Waals surface area contributed by atoms with Crippen molar-refractivity contribution in [3.8, 4) is 0 Å². The van der Waals surface area contributed by atoms with E-state index in [2.05, 4.69) is 4.98 Å². The predicted octanol–water partition coefficient (Wildman–Crippen LogP) is 1.59. The van der Waals surface area contributed by atoms with Crippen molar-refractivity contribution >= 4 is 5.91 Å². The number of carbonyl (C=O) groups excluding carboxylic acids is 1. The van der Waals surface area contributed by atoms with Gasteiger partial charge in [0.15, 0.2) is 0 Å². The Kier molecular flexibility index (Phi) is 2.72. The fourth-order valence-electron chi connectivity index (χ4n) is 1.70. The van der Waals surface area contributed by atoms with Gasteiger partial charge in [-0.1, -0.05) is 30.3 Å². The van der Waals surface area contributed by atoms with Crippen molar-refractivity contribution < 1.29 is 4.79 Å². The number of rotatable bonds is 3. The zero-order valence-electron chi connectivity index (χ0n) is 9.00. The average molecular weight is 215 g/mol. The average Bonchev–Trinajstić information content (AvgIpc) is 2.78. The highest BCUT2D eigenvalue weighted by Crippen LogP contribution is 2.18. The van der Waals surface area contributed by atoms with Crippen molar-refractivity contribution in [3.05, 3.63) is 54.1 Å². The number of carbonyl (C=O) groups is 1. The molecule has 0 spiro atoms. The molecular formula is C12H13N3O. The Hall–Kier alpha value is -2.10. The number of hydrogen-bond acceptors (Lipinski definition) is 2. The molecule has 2 N–H and O–H groups in total. The molecule has 1 aromatic heterocycles. The van der Waals surface area contributed by atoms with Crippen LogP contribution in [0.4, 0.5) is 0 Å². The highest BCUT2D eigenvalue weighted by molar-refractivity contribution is 5.90. The number of primary amides is 1. The zero-order chi connectivity index (χ0) is 11.5. The van der Waals surface area contributed by atoms with E-state index in [0.717, 1.165) is 5.56 Å². The van der Waals surface area contributed by atoms with Gasteiger partial charge in [-0.05, 0) is 12.5 Å². The first-order valence-corrected chi connectivity index (χ1v) is 5.06. The van der Waals surface area contributed by atoms with Gasteiger partial charge in [-0.3, -0.25) is 4.79 Å². The monoisotopic (exact) mass is 215 g/mol. The van der Waals surface area contributed by atoms with Gasteiger partial charge in [0.25, 0.3) is 5.91 Å². The summed E-state index contributed by atoms with van der Waals surface area (Å²) in [7, 11) is 0. The molecule has 2 rings (SSSR count). The summed E-state index contributed by atoms with van der Waals surface area (Å²) in [5.74, 6) is -0.458. The summed E-state index contributed by atoms with van der Waals surface area (Å²) in [6, 6.07) is 9.95. The third-order valence-corrected chi connectivity index (χ3v) is 2.62. The van der Waals surface area contributed by atoms with E-state index < -0.39 is 5.91 Å². The molecule has 0 fully saturated rings. The molecule has 0 aliphatic rings. The summed E-state index contributed by atoms with van der Waals surface area (Å²) in [5.41, 5.74) is 6.82. The van der Waals surface area contributed by atoms with Crippen LogP contribution in [0, 0.1) is 0 Å². The molecule has 0 saturated carbocycles. The van der Waals surface area contributed by atoms with E-state index in [0.29, 0.717) is 5.69 Å². The second kappa shape index (κ2) is 4.18. The summed E-state index contributed by atoms with van der Waals surface area (Å²) < 4.78 is 1.78. The Bertz CT molecular complexity index is 490. The standard InChI is InChI=1S/C12H13N3O/c1-9(10-5-3-2-4-6-10)15-8-14-7-11(15)12(13)16/h2-9H,1H3,(H2,13,16). The number of imidazole rings is 1. The van der Waals surface area contributed by atoms with Gasteiger partial charge in [0, 0.05) is 0 Å². The van der Waals surface area contributed by atoms with Crippen LogP contribution in [0.2, 0.25) is 0 Å². The first-order valence-electron chi connectivity index (χ1n) is 5.06. The normalized spacial score (nSPS) is 12.3. The van der Waals surface area contributed by atoms with Crippen LogP contribution in [0.25, 0.3) is 0 Å². The van der Waals surface area contributed by atoms with E-state index in [-0.39, 0.29) is 6.04 Å². The van der Waals surface area contributed by atoms with Gasteiger partial charge in [0.2, 0.25) is 0 Å². The maximum absolute atomic E-state index is 11.2. The lowest BCUT2D eigenvalue weighted by atomic mass is 10.1. The van der Waals surface area contributed by atoms with Crippen LogP contribution in [-0.2, 0) is 0 Å². The maximum Gasteiger partial charge on any atom is 0.266 e. The van der Waals surface area contributed by atoms with Crippen LogP contribution in [-0.4, -0.2) is 15.5 Å². The van der Waals surface area contributed by atoms with Crippen LogP contribution in [0.5, 0.6) is 0 Å². The smallest absolute Gasteiger partial charge is 0.266 e. The van der Waals surface area contributed by atoms with E-state index in [4.69, 9.17) is 5.73 Å². The van der Waals surface area contributed by atoms with Gasteiger partial charge < -0.3 is 10.3 Å². The molecule has 0 radical (unpaired) electrons. The molecule has 0 aliphatic carbocycles. The van der Waals surface area contributed by atoms with Crippen molar-refractivity contribution in [2.24, 2.45) is 5.73 Å². The van der Waals surface area contributed by atoms with E-state index in [1.54, 1.807) is 10.9 Å². The van der Waals surface area contributed by atoms with E-state index in [1.807, 2.05) is 37.3 Å². The third-order valence-electron chi connectivity index (χ3n) is 2.62. The molecular weight excluding hydrogens is 202 g/mol. The molecule has 1 amide bonds. The highest BCUT2D eigenvalue weighted by atomic mass is 16.1. The van der Waals surface area contributed by atoms with Crippen LogP contribution in [0.1, 0.15) is 29.0 Å². The second-order valence-electron chi connectivity index (χ2n) is 3.64. The fraction of sp³-hybridized carbons (Fsp3) is 0.167. The largest absolute Gasteiger partial charge is 0.364 e. The summed E-state index contributed by atoms with van der Waals surface area (Å²) in [4.78, 5) is 15.1. The van der Waals surface area contributed by atoms with Gasteiger partial charge in [-0.2, -0.15) is 0 Å². The maximum atomic E-state index is 11.2. The van der Waals surface area contributed by atoms with Crippen LogP contribution < -0.4 is 5.73 Å². The van der Waals surface area contributed by atoms with Gasteiger partial charge in [0.1, 0.15) is 5.69 Å². The molecule has 16 heavy (non-hydrogen) atoms. The van der Waals surface area contributed by atoms with Crippen molar-refractivity contribution in [1.29, 1.82) is 0 Å². The Morgan fingerprint density at radius 3 is 2.69 bits per heavy atom.